The van der Waals surface area contributed by atoms with E-state index in [4.69, 9.17) is 4.74 Å². The van der Waals surface area contributed by atoms with Crippen LogP contribution in [0.5, 0.6) is 0 Å². The van der Waals surface area contributed by atoms with E-state index in [9.17, 15) is 13.2 Å². The summed E-state index contributed by atoms with van der Waals surface area (Å²) in [5.74, 6) is 0.603. The third-order valence-electron chi connectivity index (χ3n) is 3.03. The molecule has 5 heteroatoms. The molecule has 1 aromatic rings. The lowest BCUT2D eigenvalue weighted by atomic mass is 10.1. The number of alkyl halides is 3. The zero-order chi connectivity index (χ0) is 15.7. The zero-order valence-electron chi connectivity index (χ0n) is 12.7. The van der Waals surface area contributed by atoms with Crippen LogP contribution in [0.25, 0.3) is 0 Å². The maximum atomic E-state index is 12.0. The molecule has 0 unspecified atom stereocenters. The highest BCUT2D eigenvalue weighted by Gasteiger charge is 2.26. The highest BCUT2D eigenvalue weighted by molar-refractivity contribution is 5.26. The molecule has 1 rings (SSSR count). The van der Waals surface area contributed by atoms with Gasteiger partial charge in [0.2, 0.25) is 0 Å². The molecule has 0 spiro atoms. The lowest BCUT2D eigenvalue weighted by Crippen LogP contribution is -2.22. The van der Waals surface area contributed by atoms with Crippen molar-refractivity contribution in [2.24, 2.45) is 5.92 Å². The van der Waals surface area contributed by atoms with Gasteiger partial charge in [-0.2, -0.15) is 13.2 Å². The summed E-state index contributed by atoms with van der Waals surface area (Å²) in [7, 11) is 0. The number of hydrogen-bond acceptors (Lipinski definition) is 2. The second kappa shape index (κ2) is 9.05. The minimum atomic E-state index is -4.15. The van der Waals surface area contributed by atoms with E-state index in [2.05, 4.69) is 19.2 Å². The lowest BCUT2D eigenvalue weighted by molar-refractivity contribution is -0.146. The molecule has 0 aliphatic carbocycles. The van der Waals surface area contributed by atoms with Crippen LogP contribution in [0.2, 0.25) is 0 Å². The number of rotatable bonds is 9. The Hall–Kier alpha value is -1.07. The van der Waals surface area contributed by atoms with E-state index in [-0.39, 0.29) is 13.2 Å². The molecule has 1 aromatic carbocycles. The van der Waals surface area contributed by atoms with E-state index < -0.39 is 12.6 Å². The van der Waals surface area contributed by atoms with Crippen molar-refractivity contribution in [2.45, 2.75) is 39.5 Å². The summed E-state index contributed by atoms with van der Waals surface area (Å²) >= 11 is 0. The molecule has 0 bridgehead atoms. The van der Waals surface area contributed by atoms with Gasteiger partial charge in [-0.1, -0.05) is 38.1 Å². The number of nitrogens with one attached hydrogen (secondary N) is 1. The highest BCUT2D eigenvalue weighted by atomic mass is 19.4. The van der Waals surface area contributed by atoms with Gasteiger partial charge in [0.1, 0.15) is 0 Å². The molecule has 0 heterocycles. The standard InChI is InChI=1S/C16H24F3NO/c1-13(2)11-20-9-7-14-5-3-4-6-15(14)12-21-10-8-16(17,18)19/h3-6,13,20H,7-12H2,1-2H3. The first-order valence-corrected chi connectivity index (χ1v) is 7.30. The van der Waals surface area contributed by atoms with Gasteiger partial charge in [0.05, 0.1) is 19.6 Å². The summed E-state index contributed by atoms with van der Waals surface area (Å²) in [6.45, 7) is 6.06. The maximum absolute atomic E-state index is 12.0. The van der Waals surface area contributed by atoms with Crippen molar-refractivity contribution in [3.8, 4) is 0 Å². The third kappa shape index (κ3) is 8.73. The smallest absolute Gasteiger partial charge is 0.376 e. The van der Waals surface area contributed by atoms with Gasteiger partial charge in [-0.25, -0.2) is 0 Å². The first-order valence-electron chi connectivity index (χ1n) is 7.30. The van der Waals surface area contributed by atoms with Gasteiger partial charge in [0.15, 0.2) is 0 Å². The summed E-state index contributed by atoms with van der Waals surface area (Å²) in [6, 6.07) is 7.73. The van der Waals surface area contributed by atoms with Gasteiger partial charge in [-0.05, 0) is 36.6 Å². The summed E-state index contributed by atoms with van der Waals surface area (Å²) in [6.07, 6.45) is -4.20. The predicted octanol–water partition coefficient (Wildman–Crippen LogP) is 3.94. The van der Waals surface area contributed by atoms with E-state index in [1.54, 1.807) is 0 Å². The van der Waals surface area contributed by atoms with Crippen molar-refractivity contribution in [3.63, 3.8) is 0 Å². The maximum Gasteiger partial charge on any atom is 0.391 e. The number of hydrogen-bond donors (Lipinski definition) is 1. The van der Waals surface area contributed by atoms with Crippen LogP contribution in [0.4, 0.5) is 13.2 Å². The van der Waals surface area contributed by atoms with Crippen molar-refractivity contribution >= 4 is 0 Å². The van der Waals surface area contributed by atoms with Gasteiger partial charge in [0, 0.05) is 0 Å². The van der Waals surface area contributed by atoms with Gasteiger partial charge >= 0.3 is 6.18 Å². The molecule has 21 heavy (non-hydrogen) atoms. The van der Waals surface area contributed by atoms with E-state index in [1.165, 1.54) is 0 Å². The largest absolute Gasteiger partial charge is 0.391 e. The Morgan fingerprint density at radius 1 is 1.14 bits per heavy atom. The Morgan fingerprint density at radius 3 is 2.43 bits per heavy atom. The Morgan fingerprint density at radius 2 is 1.81 bits per heavy atom. The quantitative estimate of drug-likeness (QED) is 0.698. The van der Waals surface area contributed by atoms with Crippen LogP contribution in [0.15, 0.2) is 24.3 Å². The van der Waals surface area contributed by atoms with E-state index in [1.807, 2.05) is 24.3 Å². The van der Waals surface area contributed by atoms with Crippen molar-refractivity contribution in [2.75, 3.05) is 19.7 Å². The molecule has 0 saturated heterocycles. The fourth-order valence-corrected chi connectivity index (χ4v) is 1.93. The van der Waals surface area contributed by atoms with Crippen molar-refractivity contribution < 1.29 is 17.9 Å². The molecular formula is C16H24F3NO. The van der Waals surface area contributed by atoms with E-state index in [0.717, 1.165) is 30.6 Å². The van der Waals surface area contributed by atoms with Gasteiger partial charge in [-0.3, -0.25) is 0 Å². The highest BCUT2D eigenvalue weighted by Crippen LogP contribution is 2.19. The monoisotopic (exact) mass is 303 g/mol. The Labute approximate surface area is 124 Å². The Bertz CT molecular complexity index is 405. The molecule has 0 aliphatic heterocycles. The molecule has 0 aliphatic rings. The first-order chi connectivity index (χ1) is 9.88. The topological polar surface area (TPSA) is 21.3 Å². The Kier molecular flexibility index (Phi) is 7.75. The summed E-state index contributed by atoms with van der Waals surface area (Å²) in [4.78, 5) is 0. The van der Waals surface area contributed by atoms with Crippen molar-refractivity contribution in [1.29, 1.82) is 0 Å². The van der Waals surface area contributed by atoms with Crippen molar-refractivity contribution in [1.82, 2.24) is 5.32 Å². The minimum absolute atomic E-state index is 0.233. The van der Waals surface area contributed by atoms with Gasteiger partial charge in [0.25, 0.3) is 0 Å². The SMILES string of the molecule is CC(C)CNCCc1ccccc1COCCC(F)(F)F. The minimum Gasteiger partial charge on any atom is -0.376 e. The summed E-state index contributed by atoms with van der Waals surface area (Å²) in [5.41, 5.74) is 2.09. The molecule has 0 fully saturated rings. The van der Waals surface area contributed by atoms with Crippen LogP contribution in [-0.4, -0.2) is 25.9 Å². The number of halogens is 3. The first kappa shape index (κ1) is 18.0. The molecule has 0 amide bonds. The fourth-order valence-electron chi connectivity index (χ4n) is 1.93. The van der Waals surface area contributed by atoms with Crippen LogP contribution < -0.4 is 5.32 Å². The molecule has 0 radical (unpaired) electrons. The Balaban J connectivity index is 2.36. The van der Waals surface area contributed by atoms with Crippen LogP contribution >= 0.6 is 0 Å². The normalized spacial score (nSPS) is 12.1. The van der Waals surface area contributed by atoms with Crippen LogP contribution in [0.1, 0.15) is 31.4 Å². The second-order valence-electron chi connectivity index (χ2n) is 5.53. The molecular weight excluding hydrogens is 279 g/mol. The van der Waals surface area contributed by atoms with E-state index >= 15 is 0 Å². The van der Waals surface area contributed by atoms with Gasteiger partial charge in [-0.15, -0.1) is 0 Å². The molecule has 120 valence electrons. The molecule has 2 nitrogen and oxygen atoms in total. The number of ether oxygens (including phenoxy) is 1. The zero-order valence-corrected chi connectivity index (χ0v) is 12.7. The molecule has 0 aromatic heterocycles. The molecule has 0 atom stereocenters. The van der Waals surface area contributed by atoms with E-state index in [0.29, 0.717) is 5.92 Å². The second-order valence-corrected chi connectivity index (χ2v) is 5.53. The average molecular weight is 303 g/mol. The average Bonchev–Trinajstić information content (AvgIpc) is 2.40. The molecule has 0 saturated carbocycles. The van der Waals surface area contributed by atoms with Crippen molar-refractivity contribution in [3.05, 3.63) is 35.4 Å². The molecule has 1 N–H and O–H groups in total. The lowest BCUT2D eigenvalue weighted by Gasteiger charge is -2.12. The fraction of sp³-hybridized carbons (Fsp3) is 0.625. The van der Waals surface area contributed by atoms with Crippen LogP contribution in [-0.2, 0) is 17.8 Å². The van der Waals surface area contributed by atoms with Crippen LogP contribution in [0.3, 0.4) is 0 Å². The third-order valence-corrected chi connectivity index (χ3v) is 3.03. The van der Waals surface area contributed by atoms with Gasteiger partial charge < -0.3 is 10.1 Å². The summed E-state index contributed by atoms with van der Waals surface area (Å²) in [5, 5.41) is 3.36. The van der Waals surface area contributed by atoms with Crippen LogP contribution in [0, 0.1) is 5.92 Å². The summed E-state index contributed by atoms with van der Waals surface area (Å²) < 4.78 is 41.3. The predicted molar refractivity (Wildman–Crippen MR) is 78.2 cm³/mol. The number of benzene rings is 1.